The number of esters is 1. The predicted molar refractivity (Wildman–Crippen MR) is 95.6 cm³/mol. The summed E-state index contributed by atoms with van der Waals surface area (Å²) in [6, 6.07) is 6.15. The standard InChI is InChI=1S/C18H17F4NO5S/c1-3-28-17(24)11-23(13-6-4-5-12(9-13)18(20,21)22)29(25,26)14-7-8-16(27-2)15(19)10-14/h4-10H,3,11H2,1-2H3. The Kier molecular flexibility index (Phi) is 6.73. The van der Waals surface area contributed by atoms with Gasteiger partial charge in [-0.2, -0.15) is 13.2 Å². The van der Waals surface area contributed by atoms with Gasteiger partial charge in [0.05, 0.1) is 29.9 Å². The average molecular weight is 435 g/mol. The molecule has 0 atom stereocenters. The molecule has 0 N–H and O–H groups in total. The first-order chi connectivity index (χ1) is 13.5. The number of anilines is 1. The van der Waals surface area contributed by atoms with Gasteiger partial charge in [0, 0.05) is 0 Å². The van der Waals surface area contributed by atoms with Gasteiger partial charge in [0.15, 0.2) is 11.6 Å². The van der Waals surface area contributed by atoms with Gasteiger partial charge in [0.2, 0.25) is 0 Å². The van der Waals surface area contributed by atoms with Crippen LogP contribution in [0.15, 0.2) is 47.4 Å². The molecule has 0 amide bonds. The van der Waals surface area contributed by atoms with E-state index < -0.39 is 50.7 Å². The Morgan fingerprint density at radius 3 is 2.38 bits per heavy atom. The minimum absolute atomic E-state index is 0.0630. The van der Waals surface area contributed by atoms with Gasteiger partial charge in [0.1, 0.15) is 6.54 Å². The summed E-state index contributed by atoms with van der Waals surface area (Å²) in [5.74, 6) is -2.20. The number of hydrogen-bond donors (Lipinski definition) is 0. The van der Waals surface area contributed by atoms with E-state index in [1.165, 1.54) is 14.0 Å². The Hall–Kier alpha value is -2.82. The minimum atomic E-state index is -4.73. The number of methoxy groups -OCH3 is 1. The Morgan fingerprint density at radius 1 is 1.14 bits per heavy atom. The SMILES string of the molecule is CCOC(=O)CN(c1cccc(C(F)(F)F)c1)S(=O)(=O)c1ccc(OC)c(F)c1. The van der Waals surface area contributed by atoms with E-state index in [0.29, 0.717) is 16.4 Å². The highest BCUT2D eigenvalue weighted by Crippen LogP contribution is 2.33. The number of benzene rings is 2. The molecule has 2 aromatic carbocycles. The van der Waals surface area contributed by atoms with Gasteiger partial charge in [-0.3, -0.25) is 9.10 Å². The van der Waals surface area contributed by atoms with Crippen molar-refractivity contribution in [2.75, 3.05) is 24.6 Å². The molecular weight excluding hydrogens is 418 g/mol. The van der Waals surface area contributed by atoms with Crippen molar-refractivity contribution in [1.82, 2.24) is 0 Å². The van der Waals surface area contributed by atoms with Crippen LogP contribution in [-0.4, -0.2) is 34.6 Å². The molecular formula is C18H17F4NO5S. The predicted octanol–water partition coefficient (Wildman–Crippen LogP) is 3.61. The number of halogens is 4. The average Bonchev–Trinajstić information content (AvgIpc) is 2.65. The molecule has 0 radical (unpaired) electrons. The van der Waals surface area contributed by atoms with Crippen LogP contribution in [0.5, 0.6) is 5.75 Å². The smallest absolute Gasteiger partial charge is 0.416 e. The summed E-state index contributed by atoms with van der Waals surface area (Å²) in [4.78, 5) is 11.3. The van der Waals surface area contributed by atoms with Crippen LogP contribution in [-0.2, 0) is 25.7 Å². The molecule has 0 aliphatic carbocycles. The van der Waals surface area contributed by atoms with E-state index >= 15 is 0 Å². The summed E-state index contributed by atoms with van der Waals surface area (Å²) in [5, 5.41) is 0. The molecule has 11 heteroatoms. The van der Waals surface area contributed by atoms with Crippen LogP contribution in [0.25, 0.3) is 0 Å². The molecule has 0 aliphatic heterocycles. The largest absolute Gasteiger partial charge is 0.494 e. The Balaban J connectivity index is 2.58. The summed E-state index contributed by atoms with van der Waals surface area (Å²) in [7, 11) is -3.42. The lowest BCUT2D eigenvalue weighted by Crippen LogP contribution is -2.36. The highest BCUT2D eigenvalue weighted by Gasteiger charge is 2.33. The zero-order chi connectivity index (χ0) is 21.8. The topological polar surface area (TPSA) is 72.9 Å². The number of rotatable bonds is 7. The number of carbonyl (C=O) groups excluding carboxylic acids is 1. The lowest BCUT2D eigenvalue weighted by Gasteiger charge is -2.24. The molecule has 0 heterocycles. The number of sulfonamides is 1. The maximum atomic E-state index is 14.0. The highest BCUT2D eigenvalue weighted by atomic mass is 32.2. The van der Waals surface area contributed by atoms with Crippen molar-refractivity contribution in [2.45, 2.75) is 18.0 Å². The number of nitrogens with zero attached hydrogens (tertiary/aromatic N) is 1. The van der Waals surface area contributed by atoms with Crippen molar-refractivity contribution in [2.24, 2.45) is 0 Å². The lowest BCUT2D eigenvalue weighted by atomic mass is 10.2. The first-order valence-corrected chi connectivity index (χ1v) is 9.64. The zero-order valence-corrected chi connectivity index (χ0v) is 16.2. The third-order valence-electron chi connectivity index (χ3n) is 3.75. The Labute approximate surface area is 164 Å². The quantitative estimate of drug-likeness (QED) is 0.491. The first kappa shape index (κ1) is 22.5. The van der Waals surface area contributed by atoms with Gasteiger partial charge in [-0.15, -0.1) is 0 Å². The van der Waals surface area contributed by atoms with E-state index in [1.807, 2.05) is 0 Å². The number of ether oxygens (including phenoxy) is 2. The number of hydrogen-bond acceptors (Lipinski definition) is 5. The van der Waals surface area contributed by atoms with Crippen molar-refractivity contribution in [3.63, 3.8) is 0 Å². The van der Waals surface area contributed by atoms with Crippen LogP contribution in [0.4, 0.5) is 23.2 Å². The summed E-state index contributed by atoms with van der Waals surface area (Å²) >= 11 is 0. The fourth-order valence-electron chi connectivity index (χ4n) is 2.41. The van der Waals surface area contributed by atoms with E-state index in [1.54, 1.807) is 0 Å². The van der Waals surface area contributed by atoms with Gasteiger partial charge in [-0.25, -0.2) is 12.8 Å². The van der Waals surface area contributed by atoms with Crippen molar-refractivity contribution < 1.29 is 40.2 Å². The molecule has 0 bridgehead atoms. The molecule has 0 aromatic heterocycles. The first-order valence-electron chi connectivity index (χ1n) is 8.20. The highest BCUT2D eigenvalue weighted by molar-refractivity contribution is 7.92. The monoisotopic (exact) mass is 435 g/mol. The van der Waals surface area contributed by atoms with E-state index in [-0.39, 0.29) is 12.4 Å². The molecule has 2 aromatic rings. The molecule has 158 valence electrons. The van der Waals surface area contributed by atoms with Crippen molar-refractivity contribution in [3.05, 3.63) is 53.8 Å². The second-order valence-corrected chi connectivity index (χ2v) is 7.52. The third-order valence-corrected chi connectivity index (χ3v) is 5.52. The molecule has 0 aliphatic rings. The van der Waals surface area contributed by atoms with Gasteiger partial charge in [0.25, 0.3) is 10.0 Å². The fraction of sp³-hybridized carbons (Fsp3) is 0.278. The molecule has 0 unspecified atom stereocenters. The van der Waals surface area contributed by atoms with Gasteiger partial charge in [-0.1, -0.05) is 6.07 Å². The molecule has 0 spiro atoms. The van der Waals surface area contributed by atoms with Gasteiger partial charge >= 0.3 is 12.1 Å². The van der Waals surface area contributed by atoms with Crippen LogP contribution >= 0.6 is 0 Å². The second kappa shape index (κ2) is 8.68. The van der Waals surface area contributed by atoms with E-state index in [4.69, 9.17) is 9.47 Å². The normalized spacial score (nSPS) is 11.8. The number of carbonyl (C=O) groups is 1. The van der Waals surface area contributed by atoms with E-state index in [9.17, 15) is 30.8 Å². The van der Waals surface area contributed by atoms with Crippen LogP contribution in [0.2, 0.25) is 0 Å². The third kappa shape index (κ3) is 5.17. The van der Waals surface area contributed by atoms with E-state index in [0.717, 1.165) is 30.3 Å². The summed E-state index contributed by atoms with van der Waals surface area (Å²) < 4.78 is 89.1. The Morgan fingerprint density at radius 2 is 1.83 bits per heavy atom. The van der Waals surface area contributed by atoms with Crippen molar-refractivity contribution in [1.29, 1.82) is 0 Å². The van der Waals surface area contributed by atoms with E-state index in [2.05, 4.69) is 0 Å². The maximum Gasteiger partial charge on any atom is 0.416 e. The molecule has 6 nitrogen and oxygen atoms in total. The van der Waals surface area contributed by atoms with Gasteiger partial charge in [-0.05, 0) is 43.3 Å². The van der Waals surface area contributed by atoms with Gasteiger partial charge < -0.3 is 9.47 Å². The zero-order valence-electron chi connectivity index (χ0n) is 15.4. The second-order valence-electron chi connectivity index (χ2n) is 5.66. The van der Waals surface area contributed by atoms with Crippen molar-refractivity contribution in [3.8, 4) is 5.75 Å². The number of alkyl halides is 3. The maximum absolute atomic E-state index is 14.0. The Bertz CT molecular complexity index is 992. The molecule has 0 saturated heterocycles. The van der Waals surface area contributed by atoms with Crippen LogP contribution < -0.4 is 9.04 Å². The molecule has 29 heavy (non-hydrogen) atoms. The van der Waals surface area contributed by atoms with Crippen LogP contribution in [0.3, 0.4) is 0 Å². The summed E-state index contributed by atoms with van der Waals surface area (Å²) in [6.45, 7) is 0.525. The van der Waals surface area contributed by atoms with Crippen LogP contribution in [0.1, 0.15) is 12.5 Å². The lowest BCUT2D eigenvalue weighted by molar-refractivity contribution is -0.141. The summed E-state index contributed by atoms with van der Waals surface area (Å²) in [5.41, 5.74) is -1.54. The molecule has 0 saturated carbocycles. The molecule has 2 rings (SSSR count). The minimum Gasteiger partial charge on any atom is -0.494 e. The molecule has 0 fully saturated rings. The summed E-state index contributed by atoms with van der Waals surface area (Å²) in [6.07, 6.45) is -4.73. The van der Waals surface area contributed by atoms with Crippen molar-refractivity contribution >= 4 is 21.7 Å². The fourth-order valence-corrected chi connectivity index (χ4v) is 3.82. The van der Waals surface area contributed by atoms with Crippen LogP contribution in [0, 0.1) is 5.82 Å².